The number of aliphatic hydroxyl groups is 1. The van der Waals surface area contributed by atoms with Gasteiger partial charge >= 0.3 is 0 Å². The number of aliphatic hydroxyl groups excluding tert-OH is 1. The Morgan fingerprint density at radius 2 is 1.95 bits per heavy atom. The summed E-state index contributed by atoms with van der Waals surface area (Å²) < 4.78 is 0. The number of anilines is 1. The fourth-order valence-corrected chi connectivity index (χ4v) is 3.29. The Balaban J connectivity index is 1.56. The third-order valence-electron chi connectivity index (χ3n) is 4.22. The van der Waals surface area contributed by atoms with E-state index in [1.165, 1.54) is 6.33 Å². The van der Waals surface area contributed by atoms with Gasteiger partial charge in [0.15, 0.2) is 0 Å². The van der Waals surface area contributed by atoms with Gasteiger partial charge in [0.2, 0.25) is 11.2 Å². The van der Waals surface area contributed by atoms with Gasteiger partial charge in [0.05, 0.1) is 6.10 Å². The smallest absolute Gasteiger partial charge is 0.229 e. The predicted molar refractivity (Wildman–Crippen MR) is 76.9 cm³/mol. The number of β-amino-alcohol motifs (C(OH)–C–C–N with tert-alkyl or cyclic N) is 1. The van der Waals surface area contributed by atoms with Crippen molar-refractivity contribution in [1.29, 1.82) is 0 Å². The highest BCUT2D eigenvalue weighted by Gasteiger charge is 2.28. The van der Waals surface area contributed by atoms with Crippen LogP contribution in [0, 0.1) is 0 Å². The standard InChI is InChI=1S/C13H20ClN5O/c14-12-15-9-16-13(17-12)18-6-3-10(4-7-18)19-5-1-2-11(20)8-19/h9-11,20H,1-8H2. The maximum Gasteiger partial charge on any atom is 0.229 e. The molecule has 0 radical (unpaired) electrons. The maximum atomic E-state index is 9.78. The summed E-state index contributed by atoms with van der Waals surface area (Å²) in [6.07, 6.45) is 5.51. The number of hydrogen-bond donors (Lipinski definition) is 1. The molecule has 1 atom stereocenters. The van der Waals surface area contributed by atoms with Crippen molar-refractivity contribution in [3.05, 3.63) is 11.6 Å². The van der Waals surface area contributed by atoms with Crippen molar-refractivity contribution in [3.63, 3.8) is 0 Å². The first-order valence-electron chi connectivity index (χ1n) is 7.24. The summed E-state index contributed by atoms with van der Waals surface area (Å²) in [5.41, 5.74) is 0. The van der Waals surface area contributed by atoms with Gasteiger partial charge in [0.25, 0.3) is 0 Å². The average Bonchev–Trinajstić information content (AvgIpc) is 2.47. The van der Waals surface area contributed by atoms with Crippen molar-refractivity contribution in [2.45, 2.75) is 37.8 Å². The van der Waals surface area contributed by atoms with Crippen LogP contribution in [-0.4, -0.2) is 63.3 Å². The normalized spacial score (nSPS) is 25.9. The first kappa shape index (κ1) is 14.0. The van der Waals surface area contributed by atoms with Crippen molar-refractivity contribution in [2.75, 3.05) is 31.1 Å². The SMILES string of the molecule is OC1CCCN(C2CCN(c3ncnc(Cl)n3)CC2)C1. The Morgan fingerprint density at radius 1 is 1.15 bits per heavy atom. The minimum atomic E-state index is -0.149. The van der Waals surface area contributed by atoms with E-state index in [2.05, 4.69) is 24.8 Å². The second-order valence-electron chi connectivity index (χ2n) is 5.56. The highest BCUT2D eigenvalue weighted by Crippen LogP contribution is 2.23. The summed E-state index contributed by atoms with van der Waals surface area (Å²) in [5.74, 6) is 0.669. The Labute approximate surface area is 123 Å². The molecule has 20 heavy (non-hydrogen) atoms. The largest absolute Gasteiger partial charge is 0.392 e. The summed E-state index contributed by atoms with van der Waals surface area (Å²) >= 11 is 5.81. The van der Waals surface area contributed by atoms with Gasteiger partial charge in [-0.25, -0.2) is 9.97 Å². The van der Waals surface area contributed by atoms with E-state index in [-0.39, 0.29) is 11.4 Å². The van der Waals surface area contributed by atoms with E-state index < -0.39 is 0 Å². The van der Waals surface area contributed by atoms with Gasteiger partial charge in [0.1, 0.15) is 6.33 Å². The van der Waals surface area contributed by atoms with Gasteiger partial charge in [-0.15, -0.1) is 0 Å². The van der Waals surface area contributed by atoms with Gasteiger partial charge in [-0.2, -0.15) is 4.98 Å². The Morgan fingerprint density at radius 3 is 2.65 bits per heavy atom. The van der Waals surface area contributed by atoms with Crippen LogP contribution in [0.25, 0.3) is 0 Å². The van der Waals surface area contributed by atoms with E-state index in [9.17, 15) is 5.11 Å². The zero-order chi connectivity index (χ0) is 13.9. The third kappa shape index (κ3) is 3.19. The molecule has 0 saturated carbocycles. The zero-order valence-electron chi connectivity index (χ0n) is 11.5. The summed E-state index contributed by atoms with van der Waals surface area (Å²) in [7, 11) is 0. The molecule has 2 fully saturated rings. The Bertz CT molecular complexity index is 452. The summed E-state index contributed by atoms with van der Waals surface area (Å²) in [5, 5.41) is 10.0. The molecule has 1 aromatic rings. The van der Waals surface area contributed by atoms with Crippen LogP contribution in [0.15, 0.2) is 6.33 Å². The monoisotopic (exact) mass is 297 g/mol. The van der Waals surface area contributed by atoms with Crippen LogP contribution >= 0.6 is 11.6 Å². The lowest BCUT2D eigenvalue weighted by atomic mass is 9.99. The molecule has 7 heteroatoms. The summed E-state index contributed by atoms with van der Waals surface area (Å²) in [4.78, 5) is 16.7. The van der Waals surface area contributed by atoms with E-state index in [1.807, 2.05) is 0 Å². The van der Waals surface area contributed by atoms with Crippen molar-refractivity contribution in [2.24, 2.45) is 0 Å². The lowest BCUT2D eigenvalue weighted by Gasteiger charge is -2.41. The van der Waals surface area contributed by atoms with Crippen molar-refractivity contribution < 1.29 is 5.11 Å². The molecule has 3 rings (SSSR count). The Kier molecular flexibility index (Phi) is 4.33. The molecule has 0 aromatic carbocycles. The molecular weight excluding hydrogens is 278 g/mol. The van der Waals surface area contributed by atoms with E-state index in [4.69, 9.17) is 11.6 Å². The summed E-state index contributed by atoms with van der Waals surface area (Å²) in [6, 6.07) is 0.568. The summed E-state index contributed by atoms with van der Waals surface area (Å²) in [6.45, 7) is 3.79. The van der Waals surface area contributed by atoms with Crippen LogP contribution in [-0.2, 0) is 0 Å². The van der Waals surface area contributed by atoms with Gasteiger partial charge < -0.3 is 10.0 Å². The van der Waals surface area contributed by atoms with Gasteiger partial charge in [-0.1, -0.05) is 0 Å². The van der Waals surface area contributed by atoms with Crippen LogP contribution in [0.3, 0.4) is 0 Å². The van der Waals surface area contributed by atoms with Crippen LogP contribution < -0.4 is 4.90 Å². The number of halogens is 1. The zero-order valence-corrected chi connectivity index (χ0v) is 12.2. The highest BCUT2D eigenvalue weighted by atomic mass is 35.5. The number of piperidine rings is 2. The number of nitrogens with zero attached hydrogens (tertiary/aromatic N) is 5. The van der Waals surface area contributed by atoms with Crippen LogP contribution in [0.2, 0.25) is 5.28 Å². The maximum absolute atomic E-state index is 9.78. The van der Waals surface area contributed by atoms with Gasteiger partial charge in [-0.3, -0.25) is 4.90 Å². The molecular formula is C13H20ClN5O. The van der Waals surface area contributed by atoms with E-state index in [0.29, 0.717) is 12.0 Å². The molecule has 0 spiro atoms. The molecule has 0 bridgehead atoms. The van der Waals surface area contributed by atoms with Gasteiger partial charge in [0, 0.05) is 25.7 Å². The number of hydrogen-bond acceptors (Lipinski definition) is 6. The molecule has 3 heterocycles. The number of rotatable bonds is 2. The van der Waals surface area contributed by atoms with Crippen LogP contribution in [0.1, 0.15) is 25.7 Å². The second kappa shape index (κ2) is 6.20. The third-order valence-corrected chi connectivity index (χ3v) is 4.40. The van der Waals surface area contributed by atoms with E-state index in [0.717, 1.165) is 51.9 Å². The van der Waals surface area contributed by atoms with Crippen molar-refractivity contribution in [3.8, 4) is 0 Å². The van der Waals surface area contributed by atoms with Gasteiger partial charge in [-0.05, 0) is 43.8 Å². The fraction of sp³-hybridized carbons (Fsp3) is 0.769. The fourth-order valence-electron chi connectivity index (χ4n) is 3.17. The average molecular weight is 298 g/mol. The predicted octanol–water partition coefficient (Wildman–Crippen LogP) is 0.950. The first-order chi connectivity index (χ1) is 9.72. The second-order valence-corrected chi connectivity index (χ2v) is 5.90. The van der Waals surface area contributed by atoms with Crippen molar-refractivity contribution >= 4 is 17.5 Å². The first-order valence-corrected chi connectivity index (χ1v) is 7.62. The molecule has 1 unspecified atom stereocenters. The van der Waals surface area contributed by atoms with Crippen LogP contribution in [0.5, 0.6) is 0 Å². The molecule has 6 nitrogen and oxygen atoms in total. The van der Waals surface area contributed by atoms with E-state index >= 15 is 0 Å². The molecule has 2 aliphatic rings. The van der Waals surface area contributed by atoms with Crippen molar-refractivity contribution in [1.82, 2.24) is 19.9 Å². The molecule has 1 aromatic heterocycles. The lowest BCUT2D eigenvalue weighted by molar-refractivity contribution is 0.0397. The quantitative estimate of drug-likeness (QED) is 0.877. The molecule has 0 aliphatic carbocycles. The highest BCUT2D eigenvalue weighted by molar-refractivity contribution is 6.28. The molecule has 110 valence electrons. The van der Waals surface area contributed by atoms with E-state index in [1.54, 1.807) is 0 Å². The molecule has 0 amide bonds. The number of aromatic nitrogens is 3. The Hall–Kier alpha value is -0.980. The molecule has 2 saturated heterocycles. The minimum Gasteiger partial charge on any atom is -0.392 e. The van der Waals surface area contributed by atoms with Crippen LogP contribution in [0.4, 0.5) is 5.95 Å². The number of likely N-dealkylation sites (tertiary alicyclic amines) is 1. The lowest BCUT2D eigenvalue weighted by Crippen LogP contribution is -2.49. The topological polar surface area (TPSA) is 65.4 Å². The molecule has 2 aliphatic heterocycles. The minimum absolute atomic E-state index is 0.149. The molecule has 1 N–H and O–H groups in total.